The average molecular weight is 305 g/mol. The van der Waals surface area contributed by atoms with Gasteiger partial charge in [0, 0.05) is 5.92 Å². The number of benzene rings is 2. The Morgan fingerprint density at radius 1 is 0.913 bits per heavy atom. The van der Waals surface area contributed by atoms with E-state index in [0.717, 1.165) is 22.9 Å². The molecule has 23 heavy (non-hydrogen) atoms. The zero-order valence-corrected chi connectivity index (χ0v) is 13.9. The molecule has 2 heteroatoms. The third kappa shape index (κ3) is 2.90. The fourth-order valence-electron chi connectivity index (χ4n) is 3.55. The fourth-order valence-corrected chi connectivity index (χ4v) is 3.55. The number of hydrogen-bond acceptors (Lipinski definition) is 2. The van der Waals surface area contributed by atoms with Gasteiger partial charge in [0.05, 0.1) is 0 Å². The topological polar surface area (TPSA) is 26.0 Å². The van der Waals surface area contributed by atoms with Crippen molar-refractivity contribution in [1.82, 2.24) is 4.98 Å². The van der Waals surface area contributed by atoms with Gasteiger partial charge in [-0.1, -0.05) is 42.8 Å². The first-order chi connectivity index (χ1) is 11.2. The van der Waals surface area contributed by atoms with Crippen LogP contribution in [0.4, 0.5) is 0 Å². The van der Waals surface area contributed by atoms with Gasteiger partial charge in [-0.3, -0.25) is 0 Å². The van der Waals surface area contributed by atoms with E-state index in [4.69, 9.17) is 9.40 Å². The second kappa shape index (κ2) is 5.84. The highest BCUT2D eigenvalue weighted by Crippen LogP contribution is 2.36. The Morgan fingerprint density at radius 3 is 2.35 bits per heavy atom. The van der Waals surface area contributed by atoms with Crippen LogP contribution in [-0.2, 0) is 0 Å². The van der Waals surface area contributed by atoms with E-state index in [1.807, 2.05) is 0 Å². The molecule has 0 bridgehead atoms. The summed E-state index contributed by atoms with van der Waals surface area (Å²) in [7, 11) is 0. The van der Waals surface area contributed by atoms with Crippen molar-refractivity contribution in [3.05, 3.63) is 53.9 Å². The second-order valence-electron chi connectivity index (χ2n) is 7.06. The lowest BCUT2D eigenvalue weighted by molar-refractivity contribution is 0.312. The maximum atomic E-state index is 6.04. The summed E-state index contributed by atoms with van der Waals surface area (Å²) in [5, 5.41) is 0. The highest BCUT2D eigenvalue weighted by atomic mass is 16.3. The average Bonchev–Trinajstić information content (AvgIpc) is 2.99. The van der Waals surface area contributed by atoms with Gasteiger partial charge < -0.3 is 4.42 Å². The highest BCUT2D eigenvalue weighted by molar-refractivity contribution is 5.80. The summed E-state index contributed by atoms with van der Waals surface area (Å²) in [6.45, 7) is 4.46. The zero-order chi connectivity index (χ0) is 15.8. The maximum Gasteiger partial charge on any atom is 0.198 e. The Kier molecular flexibility index (Phi) is 3.68. The molecule has 0 N–H and O–H groups in total. The smallest absolute Gasteiger partial charge is 0.198 e. The van der Waals surface area contributed by atoms with Gasteiger partial charge in [-0.15, -0.1) is 0 Å². The van der Waals surface area contributed by atoms with Gasteiger partial charge in [-0.25, -0.2) is 4.98 Å². The van der Waals surface area contributed by atoms with Crippen molar-refractivity contribution in [3.8, 4) is 11.1 Å². The Hall–Kier alpha value is -2.09. The van der Waals surface area contributed by atoms with Crippen molar-refractivity contribution in [2.75, 3.05) is 0 Å². The molecular weight excluding hydrogens is 282 g/mol. The monoisotopic (exact) mass is 305 g/mol. The molecule has 0 amide bonds. The van der Waals surface area contributed by atoms with Crippen LogP contribution in [0, 0.1) is 12.8 Å². The van der Waals surface area contributed by atoms with Gasteiger partial charge in [0.25, 0.3) is 0 Å². The summed E-state index contributed by atoms with van der Waals surface area (Å²) in [6.07, 6.45) is 4.99. The van der Waals surface area contributed by atoms with Crippen molar-refractivity contribution in [3.63, 3.8) is 0 Å². The number of rotatable bonds is 2. The summed E-state index contributed by atoms with van der Waals surface area (Å²) < 4.78 is 6.04. The van der Waals surface area contributed by atoms with Crippen molar-refractivity contribution in [1.29, 1.82) is 0 Å². The third-order valence-electron chi connectivity index (χ3n) is 5.15. The number of aromatic nitrogens is 1. The molecule has 0 atom stereocenters. The van der Waals surface area contributed by atoms with Gasteiger partial charge in [-0.05, 0) is 61.8 Å². The Labute approximate surface area is 137 Å². The molecule has 3 aromatic rings. The van der Waals surface area contributed by atoms with E-state index in [9.17, 15) is 0 Å². The largest absolute Gasteiger partial charge is 0.440 e. The Morgan fingerprint density at radius 2 is 1.61 bits per heavy atom. The lowest BCUT2D eigenvalue weighted by Gasteiger charge is -2.23. The number of oxazole rings is 1. The van der Waals surface area contributed by atoms with Crippen molar-refractivity contribution in [2.45, 2.75) is 45.4 Å². The summed E-state index contributed by atoms with van der Waals surface area (Å²) >= 11 is 0. The molecule has 0 saturated heterocycles. The molecule has 1 aliphatic carbocycles. The van der Waals surface area contributed by atoms with Crippen molar-refractivity contribution < 1.29 is 4.42 Å². The highest BCUT2D eigenvalue weighted by Gasteiger charge is 2.24. The van der Waals surface area contributed by atoms with Crippen LogP contribution in [0.5, 0.6) is 0 Å². The molecule has 2 aromatic carbocycles. The summed E-state index contributed by atoms with van der Waals surface area (Å²) in [5.41, 5.74) is 5.61. The summed E-state index contributed by atoms with van der Waals surface area (Å²) in [6, 6.07) is 15.0. The molecule has 118 valence electrons. The van der Waals surface area contributed by atoms with Crippen LogP contribution >= 0.6 is 0 Å². The molecule has 1 fully saturated rings. The van der Waals surface area contributed by atoms with Crippen LogP contribution in [0.3, 0.4) is 0 Å². The van der Waals surface area contributed by atoms with E-state index in [2.05, 4.69) is 56.3 Å². The number of aryl methyl sites for hydroxylation is 1. The van der Waals surface area contributed by atoms with Gasteiger partial charge in [0.1, 0.15) is 5.52 Å². The molecule has 1 saturated carbocycles. The molecule has 0 aliphatic heterocycles. The van der Waals surface area contributed by atoms with Crippen LogP contribution < -0.4 is 0 Å². The van der Waals surface area contributed by atoms with E-state index < -0.39 is 0 Å². The minimum Gasteiger partial charge on any atom is -0.440 e. The Balaban J connectivity index is 1.65. The van der Waals surface area contributed by atoms with E-state index in [-0.39, 0.29) is 0 Å². The van der Waals surface area contributed by atoms with Crippen LogP contribution in [0.2, 0.25) is 0 Å². The molecule has 1 aliphatic rings. The SMILES string of the molecule is Cc1ccc(-c2ccc3oc(C4CCC(C)CC4)nc3c2)cc1. The molecule has 0 unspecified atom stereocenters. The quantitative estimate of drug-likeness (QED) is 0.572. The predicted octanol–water partition coefficient (Wildman–Crippen LogP) is 6.10. The van der Waals surface area contributed by atoms with Gasteiger partial charge in [0.15, 0.2) is 11.5 Å². The lowest BCUT2D eigenvalue weighted by atomic mass is 9.83. The van der Waals surface area contributed by atoms with Gasteiger partial charge in [0.2, 0.25) is 0 Å². The normalized spacial score (nSPS) is 21.7. The van der Waals surface area contributed by atoms with Gasteiger partial charge >= 0.3 is 0 Å². The minimum absolute atomic E-state index is 0.501. The molecular formula is C21H23NO. The van der Waals surface area contributed by atoms with Crippen LogP contribution in [0.15, 0.2) is 46.9 Å². The molecule has 0 radical (unpaired) electrons. The van der Waals surface area contributed by atoms with E-state index in [1.54, 1.807) is 0 Å². The second-order valence-corrected chi connectivity index (χ2v) is 7.06. The predicted molar refractivity (Wildman–Crippen MR) is 94.6 cm³/mol. The maximum absolute atomic E-state index is 6.04. The first-order valence-corrected chi connectivity index (χ1v) is 8.66. The number of hydrogen-bond donors (Lipinski definition) is 0. The van der Waals surface area contributed by atoms with Crippen molar-refractivity contribution in [2.24, 2.45) is 5.92 Å². The van der Waals surface area contributed by atoms with E-state index in [1.165, 1.54) is 42.4 Å². The lowest BCUT2D eigenvalue weighted by Crippen LogP contribution is -2.10. The Bertz CT molecular complexity index is 807. The van der Waals surface area contributed by atoms with Crippen LogP contribution in [0.25, 0.3) is 22.2 Å². The zero-order valence-electron chi connectivity index (χ0n) is 13.9. The molecule has 2 nitrogen and oxygen atoms in total. The van der Waals surface area contributed by atoms with Gasteiger partial charge in [-0.2, -0.15) is 0 Å². The third-order valence-corrected chi connectivity index (χ3v) is 5.15. The molecule has 1 heterocycles. The first-order valence-electron chi connectivity index (χ1n) is 8.66. The molecule has 1 aromatic heterocycles. The summed E-state index contributed by atoms with van der Waals surface area (Å²) in [4.78, 5) is 4.80. The van der Waals surface area contributed by atoms with E-state index in [0.29, 0.717) is 5.92 Å². The number of fused-ring (bicyclic) bond motifs is 1. The first kappa shape index (κ1) is 14.5. The standard InChI is InChI=1S/C21H23NO/c1-14-3-7-16(8-4-14)18-11-12-20-19(13-18)22-21(23-20)17-9-5-15(2)6-10-17/h3-4,7-8,11-13,15,17H,5-6,9-10H2,1-2H3. The van der Waals surface area contributed by atoms with E-state index >= 15 is 0 Å². The minimum atomic E-state index is 0.501. The fraction of sp³-hybridized carbons (Fsp3) is 0.381. The number of nitrogens with zero attached hydrogens (tertiary/aromatic N) is 1. The molecule has 4 rings (SSSR count). The van der Waals surface area contributed by atoms with Crippen LogP contribution in [-0.4, -0.2) is 4.98 Å². The molecule has 0 spiro atoms. The summed E-state index contributed by atoms with van der Waals surface area (Å²) in [5.74, 6) is 2.29. The van der Waals surface area contributed by atoms with Crippen LogP contribution in [0.1, 0.15) is 50.0 Å². The van der Waals surface area contributed by atoms with Crippen molar-refractivity contribution >= 4 is 11.1 Å².